The number of methoxy groups -OCH3 is 2. The van der Waals surface area contributed by atoms with E-state index in [1.54, 1.807) is 14.2 Å². The number of nitrogen functional groups attached to an aromatic ring is 2. The molecule has 2 aromatic rings. The van der Waals surface area contributed by atoms with Crippen LogP contribution in [0.1, 0.15) is 0 Å². The second-order valence-corrected chi connectivity index (χ2v) is 11.3. The number of benzene rings is 2. The fraction of sp³-hybridized carbons (Fsp3) is 0.143. The summed E-state index contributed by atoms with van der Waals surface area (Å²) in [6, 6.07) is 11.6. The molecule has 0 heterocycles. The standard InChI is InChI=1S/C14H16As2N2O2.ClH/c1-19-13-5-3-9(17)7-11(13)15-16-12-8-10(18)4-6-14(12)20-2;/h3-8H,17-18H2,1-2H3;1H. The van der Waals surface area contributed by atoms with Crippen LogP contribution in [0.15, 0.2) is 36.4 Å². The summed E-state index contributed by atoms with van der Waals surface area (Å²) in [5, 5.41) is 0. The molecule has 0 saturated carbocycles. The van der Waals surface area contributed by atoms with Crippen molar-refractivity contribution in [1.82, 2.24) is 0 Å². The molecule has 0 aliphatic rings. The summed E-state index contributed by atoms with van der Waals surface area (Å²) in [5.74, 6) is 1.83. The van der Waals surface area contributed by atoms with E-state index in [0.29, 0.717) is 0 Å². The molecule has 0 aromatic heterocycles. The van der Waals surface area contributed by atoms with E-state index < -0.39 is 0 Å². The summed E-state index contributed by atoms with van der Waals surface area (Å²) in [5.41, 5.74) is 13.3. The first-order chi connectivity index (χ1) is 9.63. The number of ether oxygens (including phenoxy) is 2. The van der Waals surface area contributed by atoms with Crippen LogP contribution < -0.4 is 29.6 Å². The predicted molar refractivity (Wildman–Crippen MR) is 92.8 cm³/mol. The maximum Gasteiger partial charge on any atom is -0.147 e. The van der Waals surface area contributed by atoms with Gasteiger partial charge >= 0.3 is 129 Å². The van der Waals surface area contributed by atoms with Gasteiger partial charge in [-0.2, -0.15) is 0 Å². The molecule has 4 N–H and O–H groups in total. The molecule has 7 heteroatoms. The smallest absolute Gasteiger partial charge is 0.147 e. The van der Waals surface area contributed by atoms with E-state index >= 15 is 0 Å². The number of rotatable bonds is 4. The van der Waals surface area contributed by atoms with Crippen LogP contribution in [-0.4, -0.2) is 40.5 Å². The van der Waals surface area contributed by atoms with Crippen molar-refractivity contribution >= 4 is 58.8 Å². The van der Waals surface area contributed by atoms with Gasteiger partial charge in [-0.15, -0.1) is 12.4 Å². The fourth-order valence-corrected chi connectivity index (χ4v) is 9.86. The zero-order valence-corrected chi connectivity index (χ0v) is 16.3. The van der Waals surface area contributed by atoms with E-state index in [1.807, 2.05) is 36.4 Å². The van der Waals surface area contributed by atoms with Gasteiger partial charge in [0, 0.05) is 0 Å². The van der Waals surface area contributed by atoms with Crippen LogP contribution in [0.4, 0.5) is 11.4 Å². The van der Waals surface area contributed by atoms with E-state index in [0.717, 1.165) is 22.9 Å². The van der Waals surface area contributed by atoms with Crippen molar-refractivity contribution in [3.63, 3.8) is 0 Å². The topological polar surface area (TPSA) is 70.5 Å². The second kappa shape index (κ2) is 8.48. The Balaban J connectivity index is 0.00000220. The van der Waals surface area contributed by atoms with Crippen molar-refractivity contribution in [2.75, 3.05) is 25.7 Å². The van der Waals surface area contributed by atoms with Crippen LogP contribution in [-0.2, 0) is 0 Å². The van der Waals surface area contributed by atoms with Crippen LogP contribution in [0.2, 0.25) is 0 Å². The Morgan fingerprint density at radius 1 is 0.762 bits per heavy atom. The van der Waals surface area contributed by atoms with Gasteiger partial charge in [0.1, 0.15) is 0 Å². The monoisotopic (exact) mass is 430 g/mol. The maximum atomic E-state index is 5.86. The first-order valence-corrected chi connectivity index (χ1v) is 13.0. The zero-order chi connectivity index (χ0) is 14.5. The van der Waals surface area contributed by atoms with Gasteiger partial charge in [0.05, 0.1) is 0 Å². The van der Waals surface area contributed by atoms with Gasteiger partial charge in [-0.3, -0.25) is 0 Å². The van der Waals surface area contributed by atoms with Crippen LogP contribution >= 0.6 is 12.4 Å². The minimum atomic E-state index is -0.0187. The van der Waals surface area contributed by atoms with Crippen molar-refractivity contribution < 1.29 is 9.47 Å². The molecule has 0 bridgehead atoms. The molecule has 4 nitrogen and oxygen atoms in total. The summed E-state index contributed by atoms with van der Waals surface area (Å²) in [6.45, 7) is 0. The van der Waals surface area contributed by atoms with E-state index in [1.165, 1.54) is 8.70 Å². The molecule has 0 unspecified atom stereocenters. The summed E-state index contributed by atoms with van der Waals surface area (Å²) in [7, 11) is 3.38. The number of halogens is 1. The maximum absolute atomic E-state index is 5.86. The van der Waals surface area contributed by atoms with Crippen LogP contribution in [0.3, 0.4) is 0 Å². The van der Waals surface area contributed by atoms with Crippen molar-refractivity contribution in [2.45, 2.75) is 0 Å². The van der Waals surface area contributed by atoms with Crippen molar-refractivity contribution in [2.24, 2.45) is 0 Å². The molecule has 21 heavy (non-hydrogen) atoms. The van der Waals surface area contributed by atoms with Gasteiger partial charge in [0.25, 0.3) is 0 Å². The van der Waals surface area contributed by atoms with Gasteiger partial charge in [-0.1, -0.05) is 0 Å². The first kappa shape index (κ1) is 18.1. The Morgan fingerprint density at radius 3 is 1.48 bits per heavy atom. The number of hydrogen-bond donors (Lipinski definition) is 2. The summed E-state index contributed by atoms with van der Waals surface area (Å²) < 4.78 is 13.2. The van der Waals surface area contributed by atoms with Crippen molar-refractivity contribution in [3.05, 3.63) is 36.4 Å². The second-order valence-electron chi connectivity index (χ2n) is 4.06. The third-order valence-corrected chi connectivity index (χ3v) is 11.0. The predicted octanol–water partition coefficient (Wildman–Crippen LogP) is 0.564. The Hall–Kier alpha value is -0.953. The molecule has 112 valence electrons. The van der Waals surface area contributed by atoms with E-state index in [-0.39, 0.29) is 38.7 Å². The number of hydrogen-bond acceptors (Lipinski definition) is 4. The Bertz CT molecular complexity index is 595. The molecule has 2 rings (SSSR count). The minimum absolute atomic E-state index is 0. The van der Waals surface area contributed by atoms with Gasteiger partial charge in [0.15, 0.2) is 0 Å². The SMILES string of the molecule is COc1ccc(N)cc1[As]=[As]c1cc(N)ccc1OC.Cl. The van der Waals surface area contributed by atoms with Gasteiger partial charge in [-0.25, -0.2) is 0 Å². The quantitative estimate of drug-likeness (QED) is 0.550. The Labute approximate surface area is 141 Å². The van der Waals surface area contributed by atoms with E-state index in [2.05, 4.69) is 0 Å². The summed E-state index contributed by atoms with van der Waals surface area (Å²) >= 11 is -0.0373. The van der Waals surface area contributed by atoms with Crippen LogP contribution in [0.5, 0.6) is 11.5 Å². The van der Waals surface area contributed by atoms with Crippen LogP contribution in [0, 0.1) is 0 Å². The van der Waals surface area contributed by atoms with E-state index in [4.69, 9.17) is 20.9 Å². The summed E-state index contributed by atoms with van der Waals surface area (Å²) in [4.78, 5) is 0. The molecule has 0 spiro atoms. The molecular weight excluding hydrogens is 413 g/mol. The van der Waals surface area contributed by atoms with Gasteiger partial charge < -0.3 is 0 Å². The minimum Gasteiger partial charge on any atom is -0.147 e. The van der Waals surface area contributed by atoms with Crippen molar-refractivity contribution in [3.8, 4) is 11.5 Å². The molecule has 0 aliphatic heterocycles. The number of anilines is 2. The third-order valence-electron chi connectivity index (χ3n) is 2.67. The van der Waals surface area contributed by atoms with Gasteiger partial charge in [0.2, 0.25) is 0 Å². The molecule has 0 fully saturated rings. The Morgan fingerprint density at radius 2 is 1.14 bits per heavy atom. The average Bonchev–Trinajstić information content (AvgIpc) is 2.45. The first-order valence-electron chi connectivity index (χ1n) is 5.93. The molecule has 2 aromatic carbocycles. The molecular formula is C14H17As2ClN2O2. The molecule has 0 aliphatic carbocycles. The Kier molecular flexibility index (Phi) is 7.31. The fourth-order valence-electron chi connectivity index (χ4n) is 1.68. The summed E-state index contributed by atoms with van der Waals surface area (Å²) in [6.07, 6.45) is 0. The largest absolute Gasteiger partial charge is 0.147 e. The van der Waals surface area contributed by atoms with Crippen molar-refractivity contribution in [1.29, 1.82) is 0 Å². The molecule has 0 amide bonds. The molecule has 0 radical (unpaired) electrons. The molecule has 0 atom stereocenters. The van der Waals surface area contributed by atoms with E-state index in [9.17, 15) is 0 Å². The third kappa shape index (κ3) is 4.77. The zero-order valence-electron chi connectivity index (χ0n) is 11.7. The van der Waals surface area contributed by atoms with Gasteiger partial charge in [-0.05, 0) is 0 Å². The normalized spacial score (nSPS) is 10.2. The van der Waals surface area contributed by atoms with Crippen LogP contribution in [0.25, 0.3) is 0 Å². The average molecular weight is 431 g/mol. The molecule has 0 saturated heterocycles. The number of nitrogens with two attached hydrogens (primary N) is 2.